The fourth-order valence-electron chi connectivity index (χ4n) is 1.36. The molecule has 2 unspecified atom stereocenters. The van der Waals surface area contributed by atoms with Crippen LogP contribution in [0.1, 0.15) is 53.9 Å². The second-order valence-corrected chi connectivity index (χ2v) is 5.28. The molecular formula is C12H24IN. The summed E-state index contributed by atoms with van der Waals surface area (Å²) in [4.78, 5) is 2.51. The third-order valence-electron chi connectivity index (χ3n) is 2.83. The first-order valence-corrected chi connectivity index (χ1v) is 6.78. The van der Waals surface area contributed by atoms with Gasteiger partial charge in [0, 0.05) is 21.9 Å². The van der Waals surface area contributed by atoms with Gasteiger partial charge in [-0.05, 0) is 55.7 Å². The Morgan fingerprint density at radius 3 is 1.86 bits per heavy atom. The van der Waals surface area contributed by atoms with Crippen molar-refractivity contribution in [3.05, 3.63) is 9.78 Å². The minimum atomic E-state index is 0.654. The molecule has 0 amide bonds. The Balaban J connectivity index is 4.55. The number of allylic oxidation sites excluding steroid dienone is 1. The fourth-order valence-corrected chi connectivity index (χ4v) is 1.69. The highest BCUT2D eigenvalue weighted by Gasteiger charge is 2.14. The number of halogens is 1. The lowest BCUT2D eigenvalue weighted by Crippen LogP contribution is -2.35. The predicted octanol–water partition coefficient (Wildman–Crippen LogP) is 4.57. The third-order valence-corrected chi connectivity index (χ3v) is 3.87. The van der Waals surface area contributed by atoms with Gasteiger partial charge in [-0.2, -0.15) is 0 Å². The van der Waals surface area contributed by atoms with Crippen LogP contribution in [0.5, 0.6) is 0 Å². The van der Waals surface area contributed by atoms with Gasteiger partial charge in [0.2, 0.25) is 0 Å². The maximum absolute atomic E-state index is 2.51. The van der Waals surface area contributed by atoms with Crippen molar-refractivity contribution in [1.29, 1.82) is 0 Å². The molecule has 84 valence electrons. The van der Waals surface area contributed by atoms with E-state index in [1.165, 1.54) is 16.4 Å². The van der Waals surface area contributed by atoms with E-state index < -0.39 is 0 Å². The van der Waals surface area contributed by atoms with E-state index in [0.717, 1.165) is 6.42 Å². The Hall–Kier alpha value is 0.270. The van der Waals surface area contributed by atoms with Gasteiger partial charge in [0.25, 0.3) is 0 Å². The lowest BCUT2D eigenvalue weighted by atomic mass is 10.1. The maximum atomic E-state index is 2.51. The molecule has 0 fully saturated rings. The molecule has 0 aliphatic heterocycles. The SMILES string of the molecule is CC/C(I)=C\N(C(C)CC)C(C)CC. The maximum Gasteiger partial charge on any atom is 0.0256 e. The molecule has 0 radical (unpaired) electrons. The smallest absolute Gasteiger partial charge is 0.0256 e. The summed E-state index contributed by atoms with van der Waals surface area (Å²) < 4.78 is 1.45. The summed E-state index contributed by atoms with van der Waals surface area (Å²) in [7, 11) is 0. The molecule has 0 aromatic carbocycles. The molecular weight excluding hydrogens is 285 g/mol. The van der Waals surface area contributed by atoms with Crippen molar-refractivity contribution in [3.63, 3.8) is 0 Å². The molecule has 14 heavy (non-hydrogen) atoms. The summed E-state index contributed by atoms with van der Waals surface area (Å²) in [6.45, 7) is 11.3. The fraction of sp³-hybridized carbons (Fsp3) is 0.833. The monoisotopic (exact) mass is 309 g/mol. The molecule has 0 aromatic heterocycles. The summed E-state index contributed by atoms with van der Waals surface area (Å²) in [6.07, 6.45) is 5.91. The highest BCUT2D eigenvalue weighted by atomic mass is 127. The van der Waals surface area contributed by atoms with Gasteiger partial charge >= 0.3 is 0 Å². The van der Waals surface area contributed by atoms with E-state index >= 15 is 0 Å². The van der Waals surface area contributed by atoms with Crippen LogP contribution in [0.25, 0.3) is 0 Å². The summed E-state index contributed by atoms with van der Waals surface area (Å²) in [6, 6.07) is 1.31. The van der Waals surface area contributed by atoms with Gasteiger partial charge in [-0.1, -0.05) is 20.8 Å². The number of hydrogen-bond acceptors (Lipinski definition) is 1. The van der Waals surface area contributed by atoms with Gasteiger partial charge in [0.1, 0.15) is 0 Å². The molecule has 0 saturated carbocycles. The van der Waals surface area contributed by atoms with Gasteiger partial charge < -0.3 is 4.90 Å². The van der Waals surface area contributed by atoms with Crippen LogP contribution in [-0.4, -0.2) is 17.0 Å². The van der Waals surface area contributed by atoms with Crippen LogP contribution in [-0.2, 0) is 0 Å². The Bertz CT molecular complexity index is 167. The highest BCUT2D eigenvalue weighted by Crippen LogP contribution is 2.18. The van der Waals surface area contributed by atoms with Crippen molar-refractivity contribution >= 4 is 22.6 Å². The van der Waals surface area contributed by atoms with Crippen LogP contribution in [0.15, 0.2) is 9.78 Å². The molecule has 0 aliphatic carbocycles. The topological polar surface area (TPSA) is 3.24 Å². The number of hydrogen-bond donors (Lipinski definition) is 0. The molecule has 0 bridgehead atoms. The second kappa shape index (κ2) is 7.55. The lowest BCUT2D eigenvalue weighted by Gasteiger charge is -2.33. The molecule has 0 spiro atoms. The van der Waals surface area contributed by atoms with E-state index in [9.17, 15) is 0 Å². The molecule has 2 heteroatoms. The molecule has 0 rings (SSSR count). The first-order valence-electron chi connectivity index (χ1n) is 5.70. The first kappa shape index (κ1) is 14.3. The van der Waals surface area contributed by atoms with E-state index in [0.29, 0.717) is 12.1 Å². The van der Waals surface area contributed by atoms with E-state index in [2.05, 4.69) is 68.3 Å². The van der Waals surface area contributed by atoms with Crippen molar-refractivity contribution in [3.8, 4) is 0 Å². The Morgan fingerprint density at radius 1 is 1.14 bits per heavy atom. The zero-order valence-corrected chi connectivity index (χ0v) is 12.3. The molecule has 1 nitrogen and oxygen atoms in total. The Labute approximate surface area is 103 Å². The summed E-state index contributed by atoms with van der Waals surface area (Å²) in [5.41, 5.74) is 0. The van der Waals surface area contributed by atoms with Crippen LogP contribution in [0.2, 0.25) is 0 Å². The van der Waals surface area contributed by atoms with E-state index in [-0.39, 0.29) is 0 Å². The highest BCUT2D eigenvalue weighted by molar-refractivity contribution is 14.1. The standard InChI is InChI=1S/C12H24IN/c1-6-10(4)14(11(5)7-2)9-12(13)8-3/h9-11H,6-8H2,1-5H3/b12-9+. The van der Waals surface area contributed by atoms with Gasteiger partial charge in [-0.15, -0.1) is 0 Å². The van der Waals surface area contributed by atoms with Gasteiger partial charge in [0.05, 0.1) is 0 Å². The molecule has 0 N–H and O–H groups in total. The van der Waals surface area contributed by atoms with Gasteiger partial charge in [-0.3, -0.25) is 0 Å². The molecule has 0 heterocycles. The molecule has 0 aromatic rings. The van der Waals surface area contributed by atoms with Crippen molar-refractivity contribution in [1.82, 2.24) is 4.90 Å². The number of rotatable bonds is 6. The minimum absolute atomic E-state index is 0.654. The Kier molecular flexibility index (Phi) is 7.69. The van der Waals surface area contributed by atoms with Crippen LogP contribution in [0.4, 0.5) is 0 Å². The average molecular weight is 309 g/mol. The Morgan fingerprint density at radius 2 is 1.57 bits per heavy atom. The van der Waals surface area contributed by atoms with E-state index in [4.69, 9.17) is 0 Å². The van der Waals surface area contributed by atoms with Gasteiger partial charge in [0.15, 0.2) is 0 Å². The summed E-state index contributed by atoms with van der Waals surface area (Å²) in [5, 5.41) is 0. The average Bonchev–Trinajstić information content (AvgIpc) is 2.23. The second-order valence-electron chi connectivity index (χ2n) is 3.89. The van der Waals surface area contributed by atoms with Gasteiger partial charge in [-0.25, -0.2) is 0 Å². The quantitative estimate of drug-likeness (QED) is 0.650. The van der Waals surface area contributed by atoms with Crippen LogP contribution in [0, 0.1) is 0 Å². The minimum Gasteiger partial charge on any atom is -0.371 e. The van der Waals surface area contributed by atoms with Crippen LogP contribution < -0.4 is 0 Å². The first-order chi connectivity index (χ1) is 6.56. The van der Waals surface area contributed by atoms with Crippen molar-refractivity contribution in [2.75, 3.05) is 0 Å². The summed E-state index contributed by atoms with van der Waals surface area (Å²) >= 11 is 2.44. The normalized spacial score (nSPS) is 16.6. The molecule has 2 atom stereocenters. The summed E-state index contributed by atoms with van der Waals surface area (Å²) in [5.74, 6) is 0. The predicted molar refractivity (Wildman–Crippen MR) is 73.7 cm³/mol. The van der Waals surface area contributed by atoms with E-state index in [1.807, 2.05) is 0 Å². The largest absolute Gasteiger partial charge is 0.371 e. The lowest BCUT2D eigenvalue weighted by molar-refractivity contribution is 0.217. The van der Waals surface area contributed by atoms with E-state index in [1.54, 1.807) is 0 Å². The van der Waals surface area contributed by atoms with Crippen molar-refractivity contribution in [2.45, 2.75) is 66.0 Å². The van der Waals surface area contributed by atoms with Crippen LogP contribution in [0.3, 0.4) is 0 Å². The zero-order chi connectivity index (χ0) is 11.1. The third kappa shape index (κ3) is 4.67. The van der Waals surface area contributed by atoms with Crippen molar-refractivity contribution < 1.29 is 0 Å². The number of nitrogens with zero attached hydrogens (tertiary/aromatic N) is 1. The van der Waals surface area contributed by atoms with Crippen LogP contribution >= 0.6 is 22.6 Å². The molecule has 0 saturated heterocycles. The zero-order valence-electron chi connectivity index (χ0n) is 10.2. The molecule has 0 aliphatic rings. The van der Waals surface area contributed by atoms with Crippen molar-refractivity contribution in [2.24, 2.45) is 0 Å².